The Hall–Kier alpha value is -1.32. The average molecular weight is 271 g/mol. The number of furan rings is 1. The fourth-order valence-electron chi connectivity index (χ4n) is 2.60. The molecule has 2 aliphatic carbocycles. The number of hydrogen-bond donors (Lipinski definition) is 1. The van der Waals surface area contributed by atoms with Gasteiger partial charge in [0.05, 0.1) is 0 Å². The Morgan fingerprint density at radius 3 is 2.80 bits per heavy atom. The molecule has 0 amide bonds. The summed E-state index contributed by atoms with van der Waals surface area (Å²) in [5.41, 5.74) is 2.26. The third-order valence-electron chi connectivity index (χ3n) is 4.21. The van der Waals surface area contributed by atoms with E-state index in [1.54, 1.807) is 0 Å². The molecule has 0 aliphatic heterocycles. The number of nitrogens with one attached hydrogen (secondary N) is 1. The average Bonchev–Trinajstić information content (AvgIpc) is 3.36. The Bertz CT molecular complexity index is 596. The number of rotatable bonds is 7. The molecule has 0 atom stereocenters. The minimum absolute atomic E-state index is 0.604. The lowest BCUT2D eigenvalue weighted by Crippen LogP contribution is -2.16. The van der Waals surface area contributed by atoms with Gasteiger partial charge >= 0.3 is 0 Å². The van der Waals surface area contributed by atoms with Crippen molar-refractivity contribution in [3.8, 4) is 0 Å². The first kappa shape index (κ1) is 12.4. The summed E-state index contributed by atoms with van der Waals surface area (Å²) >= 11 is 0. The molecule has 1 aromatic carbocycles. The van der Waals surface area contributed by atoms with Crippen molar-refractivity contribution in [2.75, 3.05) is 6.61 Å². The molecule has 0 saturated heterocycles. The molecule has 0 spiro atoms. The maximum atomic E-state index is 5.99. The van der Waals surface area contributed by atoms with E-state index in [4.69, 9.17) is 9.15 Å². The summed E-state index contributed by atoms with van der Waals surface area (Å²) in [6.45, 7) is 2.38. The topological polar surface area (TPSA) is 34.4 Å². The van der Waals surface area contributed by atoms with E-state index in [1.807, 2.05) is 12.1 Å². The van der Waals surface area contributed by atoms with E-state index in [-0.39, 0.29) is 0 Å². The summed E-state index contributed by atoms with van der Waals surface area (Å²) in [6.07, 6.45) is 5.28. The Morgan fingerprint density at radius 1 is 1.15 bits per heavy atom. The second kappa shape index (κ2) is 5.23. The van der Waals surface area contributed by atoms with Crippen LogP contribution in [0.3, 0.4) is 0 Å². The van der Waals surface area contributed by atoms with Crippen molar-refractivity contribution in [3.63, 3.8) is 0 Å². The van der Waals surface area contributed by atoms with Crippen LogP contribution in [0.25, 0.3) is 11.0 Å². The molecule has 20 heavy (non-hydrogen) atoms. The number of benzene rings is 1. The second-order valence-electron chi connectivity index (χ2n) is 6.11. The van der Waals surface area contributed by atoms with Crippen LogP contribution >= 0.6 is 0 Å². The van der Waals surface area contributed by atoms with E-state index in [0.717, 1.165) is 30.4 Å². The van der Waals surface area contributed by atoms with Gasteiger partial charge in [-0.2, -0.15) is 0 Å². The van der Waals surface area contributed by atoms with Gasteiger partial charge in [-0.3, -0.25) is 0 Å². The highest BCUT2D eigenvalue weighted by Gasteiger charge is 2.24. The number of fused-ring (bicyclic) bond motifs is 1. The molecule has 0 unspecified atom stereocenters. The van der Waals surface area contributed by atoms with Crippen molar-refractivity contribution in [2.45, 2.75) is 44.9 Å². The molecule has 2 aromatic rings. The minimum atomic E-state index is 0.604. The van der Waals surface area contributed by atoms with Crippen LogP contribution in [0.2, 0.25) is 0 Å². The first-order chi connectivity index (χ1) is 9.90. The molecule has 1 aromatic heterocycles. The number of para-hydroxylation sites is 1. The van der Waals surface area contributed by atoms with Gasteiger partial charge in [-0.1, -0.05) is 18.2 Å². The van der Waals surface area contributed by atoms with Crippen molar-refractivity contribution in [2.24, 2.45) is 5.92 Å². The van der Waals surface area contributed by atoms with Gasteiger partial charge in [0.1, 0.15) is 18.0 Å². The molecule has 4 rings (SSSR count). The van der Waals surface area contributed by atoms with E-state index in [1.165, 1.54) is 36.6 Å². The van der Waals surface area contributed by atoms with Gasteiger partial charge in [-0.15, -0.1) is 0 Å². The predicted molar refractivity (Wildman–Crippen MR) is 78.5 cm³/mol. The highest BCUT2D eigenvalue weighted by Crippen LogP contribution is 2.31. The van der Waals surface area contributed by atoms with Crippen molar-refractivity contribution in [1.82, 2.24) is 5.32 Å². The van der Waals surface area contributed by atoms with E-state index in [9.17, 15) is 0 Å². The first-order valence-electron chi connectivity index (χ1n) is 7.70. The van der Waals surface area contributed by atoms with Crippen LogP contribution in [-0.2, 0) is 17.9 Å². The van der Waals surface area contributed by atoms with Crippen LogP contribution in [0.5, 0.6) is 0 Å². The summed E-state index contributed by atoms with van der Waals surface area (Å²) in [4.78, 5) is 0. The summed E-state index contributed by atoms with van der Waals surface area (Å²) in [5, 5.41) is 4.81. The summed E-state index contributed by atoms with van der Waals surface area (Å²) < 4.78 is 11.8. The Labute approximate surface area is 119 Å². The smallest absolute Gasteiger partial charge is 0.135 e. The molecule has 2 aliphatic rings. The van der Waals surface area contributed by atoms with E-state index in [2.05, 4.69) is 17.4 Å². The maximum absolute atomic E-state index is 5.99. The van der Waals surface area contributed by atoms with Gasteiger partial charge < -0.3 is 14.5 Å². The first-order valence-corrected chi connectivity index (χ1v) is 7.70. The van der Waals surface area contributed by atoms with Gasteiger partial charge in [-0.05, 0) is 37.7 Å². The molecule has 2 fully saturated rings. The quantitative estimate of drug-likeness (QED) is 0.835. The van der Waals surface area contributed by atoms with Crippen LogP contribution in [0, 0.1) is 5.92 Å². The predicted octanol–water partition coefficient (Wildman–Crippen LogP) is 3.61. The summed E-state index contributed by atoms with van der Waals surface area (Å²) in [7, 11) is 0. The monoisotopic (exact) mass is 271 g/mol. The SMILES string of the molecule is c1ccc2c(CNC3CC3)c(COCC3CC3)oc2c1. The van der Waals surface area contributed by atoms with Crippen LogP contribution in [0.4, 0.5) is 0 Å². The molecule has 1 N–H and O–H groups in total. The fourth-order valence-corrected chi connectivity index (χ4v) is 2.60. The molecule has 106 valence electrons. The van der Waals surface area contributed by atoms with E-state index >= 15 is 0 Å². The standard InChI is InChI=1S/C17H21NO2/c1-2-4-16-14(3-1)15(9-18-13-7-8-13)17(20-16)11-19-10-12-5-6-12/h1-4,12-13,18H,5-11H2. The van der Waals surface area contributed by atoms with Crippen molar-refractivity contribution < 1.29 is 9.15 Å². The number of hydrogen-bond acceptors (Lipinski definition) is 3. The van der Waals surface area contributed by atoms with Crippen LogP contribution in [0.1, 0.15) is 37.0 Å². The lowest BCUT2D eigenvalue weighted by molar-refractivity contribution is 0.0976. The van der Waals surface area contributed by atoms with Gasteiger partial charge in [0, 0.05) is 30.1 Å². The van der Waals surface area contributed by atoms with Gasteiger partial charge in [0.25, 0.3) is 0 Å². The van der Waals surface area contributed by atoms with Gasteiger partial charge in [0.2, 0.25) is 0 Å². The zero-order chi connectivity index (χ0) is 13.4. The molecular weight excluding hydrogens is 250 g/mol. The van der Waals surface area contributed by atoms with Crippen molar-refractivity contribution in [3.05, 3.63) is 35.6 Å². The Morgan fingerprint density at radius 2 is 2.00 bits per heavy atom. The van der Waals surface area contributed by atoms with E-state index in [0.29, 0.717) is 12.6 Å². The number of ether oxygens (including phenoxy) is 1. The third kappa shape index (κ3) is 2.74. The molecule has 0 bridgehead atoms. The largest absolute Gasteiger partial charge is 0.458 e. The molecule has 1 heterocycles. The highest BCUT2D eigenvalue weighted by atomic mass is 16.5. The lowest BCUT2D eigenvalue weighted by atomic mass is 10.1. The second-order valence-corrected chi connectivity index (χ2v) is 6.11. The normalized spacial score (nSPS) is 18.8. The molecular formula is C17H21NO2. The Balaban J connectivity index is 1.53. The summed E-state index contributed by atoms with van der Waals surface area (Å²) in [5.74, 6) is 1.80. The van der Waals surface area contributed by atoms with E-state index < -0.39 is 0 Å². The van der Waals surface area contributed by atoms with Gasteiger partial charge in [0.15, 0.2) is 0 Å². The lowest BCUT2D eigenvalue weighted by Gasteiger charge is -2.05. The zero-order valence-corrected chi connectivity index (χ0v) is 11.7. The fraction of sp³-hybridized carbons (Fsp3) is 0.529. The highest BCUT2D eigenvalue weighted by molar-refractivity contribution is 5.82. The Kier molecular flexibility index (Phi) is 3.25. The molecule has 0 radical (unpaired) electrons. The van der Waals surface area contributed by atoms with Crippen LogP contribution in [-0.4, -0.2) is 12.6 Å². The minimum Gasteiger partial charge on any atom is -0.458 e. The van der Waals surface area contributed by atoms with Crippen molar-refractivity contribution in [1.29, 1.82) is 0 Å². The molecule has 2 saturated carbocycles. The van der Waals surface area contributed by atoms with Crippen molar-refractivity contribution >= 4 is 11.0 Å². The zero-order valence-electron chi connectivity index (χ0n) is 11.7. The summed E-state index contributed by atoms with van der Waals surface area (Å²) in [6, 6.07) is 9.00. The van der Waals surface area contributed by atoms with Crippen LogP contribution in [0.15, 0.2) is 28.7 Å². The van der Waals surface area contributed by atoms with Gasteiger partial charge in [-0.25, -0.2) is 0 Å². The third-order valence-corrected chi connectivity index (χ3v) is 4.21. The maximum Gasteiger partial charge on any atom is 0.135 e. The molecule has 3 heteroatoms. The van der Waals surface area contributed by atoms with Crippen LogP contribution < -0.4 is 5.32 Å². The molecule has 3 nitrogen and oxygen atoms in total.